The van der Waals surface area contributed by atoms with E-state index >= 15 is 0 Å². The van der Waals surface area contributed by atoms with Crippen LogP contribution in [0.3, 0.4) is 0 Å². The lowest BCUT2D eigenvalue weighted by Crippen LogP contribution is -2.61. The number of benzene rings is 1. The second-order valence-corrected chi connectivity index (χ2v) is 11.3. The first-order valence-corrected chi connectivity index (χ1v) is 11.9. The molecule has 1 aliphatic heterocycles. The van der Waals surface area contributed by atoms with Crippen molar-refractivity contribution in [2.75, 3.05) is 18.2 Å². The Morgan fingerprint density at radius 2 is 1.67 bits per heavy atom. The van der Waals surface area contributed by atoms with Gasteiger partial charge in [0, 0.05) is 18.4 Å². The molecule has 4 saturated carbocycles. The van der Waals surface area contributed by atoms with Gasteiger partial charge in [0.2, 0.25) is 5.91 Å². The molecule has 0 atom stereocenters. The van der Waals surface area contributed by atoms with Crippen molar-refractivity contribution in [1.29, 1.82) is 0 Å². The van der Waals surface area contributed by atoms with Gasteiger partial charge in [0.05, 0.1) is 11.9 Å². The SMILES string of the molecule is O=C(CC1(c2ccccc2)C2CC3CC1CC(C2)C3O)N1CCS(=O)(=O)C1. The fourth-order valence-electron chi connectivity index (χ4n) is 6.75. The summed E-state index contributed by atoms with van der Waals surface area (Å²) in [5, 5.41) is 10.5. The monoisotopic (exact) mass is 389 g/mol. The van der Waals surface area contributed by atoms with Crippen LogP contribution in [-0.2, 0) is 20.0 Å². The van der Waals surface area contributed by atoms with Gasteiger partial charge in [0.15, 0.2) is 9.84 Å². The molecular formula is C21H27NO4S. The van der Waals surface area contributed by atoms with Crippen LogP contribution in [0.25, 0.3) is 0 Å². The Balaban J connectivity index is 1.51. The number of aliphatic hydroxyl groups is 1. The molecule has 4 bridgehead atoms. The van der Waals surface area contributed by atoms with Crippen LogP contribution in [0.1, 0.15) is 37.7 Å². The van der Waals surface area contributed by atoms with Gasteiger partial charge in [-0.1, -0.05) is 30.3 Å². The zero-order chi connectivity index (χ0) is 18.8. The van der Waals surface area contributed by atoms with E-state index < -0.39 is 9.84 Å². The summed E-state index contributed by atoms with van der Waals surface area (Å²) < 4.78 is 23.7. The lowest BCUT2D eigenvalue weighted by atomic mass is 9.42. The number of carbonyl (C=O) groups excluding carboxylic acids is 1. The first-order valence-electron chi connectivity index (χ1n) is 10.1. The predicted molar refractivity (Wildman–Crippen MR) is 102 cm³/mol. The van der Waals surface area contributed by atoms with Crippen LogP contribution in [0.15, 0.2) is 30.3 Å². The molecule has 4 aliphatic carbocycles. The van der Waals surface area contributed by atoms with Crippen molar-refractivity contribution in [3.63, 3.8) is 0 Å². The van der Waals surface area contributed by atoms with E-state index in [1.807, 2.05) is 18.2 Å². The molecular weight excluding hydrogens is 362 g/mol. The number of rotatable bonds is 3. The molecule has 1 amide bonds. The second-order valence-electron chi connectivity index (χ2n) is 9.16. The lowest BCUT2D eigenvalue weighted by Gasteiger charge is -2.63. The minimum absolute atomic E-state index is 0.0204. The Hall–Kier alpha value is -1.40. The fraction of sp³-hybridized carbons (Fsp3) is 0.667. The molecule has 0 radical (unpaired) electrons. The van der Waals surface area contributed by atoms with Gasteiger partial charge in [-0.05, 0) is 54.9 Å². The van der Waals surface area contributed by atoms with Crippen molar-refractivity contribution in [1.82, 2.24) is 4.90 Å². The highest BCUT2D eigenvalue weighted by molar-refractivity contribution is 7.91. The van der Waals surface area contributed by atoms with E-state index in [1.165, 1.54) is 5.56 Å². The summed E-state index contributed by atoms with van der Waals surface area (Å²) in [6, 6.07) is 10.4. The predicted octanol–water partition coefficient (Wildman–Crippen LogP) is 1.96. The molecule has 5 fully saturated rings. The largest absolute Gasteiger partial charge is 0.393 e. The van der Waals surface area contributed by atoms with Crippen molar-refractivity contribution in [3.8, 4) is 0 Å². The Kier molecular flexibility index (Phi) is 3.96. The number of sulfone groups is 1. The number of aliphatic hydroxyl groups excluding tert-OH is 1. The molecule has 1 heterocycles. The summed E-state index contributed by atoms with van der Waals surface area (Å²) >= 11 is 0. The molecule has 27 heavy (non-hydrogen) atoms. The highest BCUT2D eigenvalue weighted by Crippen LogP contribution is 2.64. The summed E-state index contributed by atoms with van der Waals surface area (Å²) in [5.74, 6) is 1.46. The van der Waals surface area contributed by atoms with Gasteiger partial charge in [-0.2, -0.15) is 0 Å². The maximum absolute atomic E-state index is 13.2. The summed E-state index contributed by atoms with van der Waals surface area (Å²) in [6.45, 7) is 0.325. The van der Waals surface area contributed by atoms with Gasteiger partial charge in [-0.3, -0.25) is 4.79 Å². The number of amides is 1. The van der Waals surface area contributed by atoms with Gasteiger partial charge in [-0.15, -0.1) is 0 Å². The Bertz CT molecular complexity index is 820. The molecule has 0 unspecified atom stereocenters. The molecule has 1 saturated heterocycles. The lowest BCUT2D eigenvalue weighted by molar-refractivity contribution is -0.152. The molecule has 5 nitrogen and oxygen atoms in total. The molecule has 5 aliphatic rings. The van der Waals surface area contributed by atoms with Gasteiger partial charge >= 0.3 is 0 Å². The van der Waals surface area contributed by atoms with E-state index in [0.29, 0.717) is 36.6 Å². The quantitative estimate of drug-likeness (QED) is 0.858. The average Bonchev–Trinajstić information content (AvgIpc) is 3.01. The molecule has 1 aromatic rings. The zero-order valence-electron chi connectivity index (χ0n) is 15.5. The van der Waals surface area contributed by atoms with E-state index in [9.17, 15) is 18.3 Å². The maximum Gasteiger partial charge on any atom is 0.224 e. The molecule has 1 N–H and O–H groups in total. The Morgan fingerprint density at radius 1 is 1.07 bits per heavy atom. The fourth-order valence-corrected chi connectivity index (χ4v) is 8.12. The van der Waals surface area contributed by atoms with Crippen LogP contribution in [0.5, 0.6) is 0 Å². The number of hydrogen-bond acceptors (Lipinski definition) is 4. The highest BCUT2D eigenvalue weighted by Gasteiger charge is 2.61. The first-order chi connectivity index (χ1) is 12.9. The second kappa shape index (κ2) is 6.05. The Morgan fingerprint density at radius 3 is 2.19 bits per heavy atom. The van der Waals surface area contributed by atoms with Crippen molar-refractivity contribution in [2.24, 2.45) is 23.7 Å². The molecule has 146 valence electrons. The van der Waals surface area contributed by atoms with Crippen LogP contribution in [0.2, 0.25) is 0 Å². The van der Waals surface area contributed by atoms with E-state index in [-0.39, 0.29) is 29.1 Å². The van der Waals surface area contributed by atoms with Crippen molar-refractivity contribution < 1.29 is 18.3 Å². The third kappa shape index (κ3) is 2.67. The van der Waals surface area contributed by atoms with E-state index in [4.69, 9.17) is 0 Å². The first kappa shape index (κ1) is 17.7. The summed E-state index contributed by atoms with van der Waals surface area (Å²) in [4.78, 5) is 14.7. The summed E-state index contributed by atoms with van der Waals surface area (Å²) in [6.07, 6.45) is 4.15. The zero-order valence-corrected chi connectivity index (χ0v) is 16.3. The number of nitrogens with zero attached hydrogens (tertiary/aromatic N) is 1. The summed E-state index contributed by atoms with van der Waals surface area (Å²) in [5.41, 5.74) is 1.02. The van der Waals surface area contributed by atoms with Crippen molar-refractivity contribution in [3.05, 3.63) is 35.9 Å². The van der Waals surface area contributed by atoms with E-state index in [1.54, 1.807) is 4.90 Å². The number of hydrogen-bond donors (Lipinski definition) is 1. The minimum atomic E-state index is -3.12. The van der Waals surface area contributed by atoms with Crippen LogP contribution in [0.4, 0.5) is 0 Å². The maximum atomic E-state index is 13.2. The van der Waals surface area contributed by atoms with E-state index in [0.717, 1.165) is 25.7 Å². The average molecular weight is 390 g/mol. The molecule has 1 aromatic carbocycles. The van der Waals surface area contributed by atoms with Gasteiger partial charge in [-0.25, -0.2) is 8.42 Å². The van der Waals surface area contributed by atoms with Gasteiger partial charge in [0.1, 0.15) is 5.88 Å². The smallest absolute Gasteiger partial charge is 0.224 e. The molecule has 0 spiro atoms. The van der Waals surface area contributed by atoms with Crippen molar-refractivity contribution in [2.45, 2.75) is 43.6 Å². The molecule has 6 heteroatoms. The van der Waals surface area contributed by atoms with Crippen LogP contribution in [0, 0.1) is 23.7 Å². The standard InChI is InChI=1S/C21H27NO4S/c23-19(22-6-7-27(25,26)13-22)12-21(16-4-2-1-3-5-16)17-8-14-9-18(21)11-15(10-17)20(14)24/h1-5,14-15,17-18,20,24H,6-13H2. The third-order valence-electron chi connectivity index (χ3n) is 7.90. The summed E-state index contributed by atoms with van der Waals surface area (Å²) in [7, 11) is -3.12. The third-order valence-corrected chi connectivity index (χ3v) is 9.41. The van der Waals surface area contributed by atoms with Gasteiger partial charge in [0.25, 0.3) is 0 Å². The minimum Gasteiger partial charge on any atom is -0.393 e. The van der Waals surface area contributed by atoms with Crippen molar-refractivity contribution >= 4 is 15.7 Å². The van der Waals surface area contributed by atoms with Crippen LogP contribution in [-0.4, -0.2) is 48.6 Å². The normalized spacial score (nSPS) is 41.8. The topological polar surface area (TPSA) is 74.7 Å². The number of carbonyl (C=O) groups is 1. The van der Waals surface area contributed by atoms with E-state index in [2.05, 4.69) is 12.1 Å². The van der Waals surface area contributed by atoms with Gasteiger partial charge < -0.3 is 10.0 Å². The molecule has 6 rings (SSSR count). The Labute approximate surface area is 160 Å². The highest BCUT2D eigenvalue weighted by atomic mass is 32.2. The molecule has 0 aromatic heterocycles. The van der Waals surface area contributed by atoms with Crippen LogP contribution < -0.4 is 0 Å². The van der Waals surface area contributed by atoms with Crippen LogP contribution >= 0.6 is 0 Å².